The van der Waals surface area contributed by atoms with Crippen LogP contribution in [-0.2, 0) is 10.0 Å². The van der Waals surface area contributed by atoms with Crippen LogP contribution in [0.4, 0.5) is 0 Å². The largest absolute Gasteiger partial charge is 0.395 e. The Bertz CT molecular complexity index is 308. The van der Waals surface area contributed by atoms with Crippen molar-refractivity contribution >= 4 is 10.0 Å². The summed E-state index contributed by atoms with van der Waals surface area (Å²) in [7, 11) is -3.11. The summed E-state index contributed by atoms with van der Waals surface area (Å²) in [6.07, 6.45) is 2.12. The minimum atomic E-state index is -3.11. The molecule has 0 spiro atoms. The van der Waals surface area contributed by atoms with Crippen LogP contribution in [0.3, 0.4) is 0 Å². The fourth-order valence-corrected chi connectivity index (χ4v) is 3.18. The van der Waals surface area contributed by atoms with Crippen LogP contribution in [0, 0.1) is 0 Å². The molecule has 0 aliphatic carbocycles. The van der Waals surface area contributed by atoms with Gasteiger partial charge >= 0.3 is 0 Å². The van der Waals surface area contributed by atoms with E-state index >= 15 is 0 Å². The SMILES string of the molecule is C=CCCS(=O)(=O)N1CCN(CCO)CC1. The van der Waals surface area contributed by atoms with Crippen LogP contribution in [-0.4, -0.2) is 67.8 Å². The van der Waals surface area contributed by atoms with E-state index in [9.17, 15) is 8.42 Å². The van der Waals surface area contributed by atoms with Crippen LogP contribution >= 0.6 is 0 Å². The van der Waals surface area contributed by atoms with Crippen LogP contribution in [0.15, 0.2) is 12.7 Å². The molecule has 0 aromatic heterocycles. The molecule has 0 atom stereocenters. The summed E-state index contributed by atoms with van der Waals surface area (Å²) in [5.74, 6) is 0.149. The number of β-amino-alcohol motifs (C(OH)–C–C–N with tert-alkyl or cyclic N) is 1. The molecule has 94 valence electrons. The van der Waals surface area contributed by atoms with Gasteiger partial charge in [0.15, 0.2) is 0 Å². The first-order valence-electron chi connectivity index (χ1n) is 5.52. The Morgan fingerprint density at radius 1 is 1.25 bits per heavy atom. The zero-order valence-electron chi connectivity index (χ0n) is 9.51. The molecule has 16 heavy (non-hydrogen) atoms. The van der Waals surface area contributed by atoms with Crippen molar-refractivity contribution in [1.82, 2.24) is 9.21 Å². The highest BCUT2D eigenvalue weighted by atomic mass is 32.2. The number of nitrogens with zero attached hydrogens (tertiary/aromatic N) is 2. The molecule has 1 heterocycles. The van der Waals surface area contributed by atoms with Gasteiger partial charge < -0.3 is 5.11 Å². The van der Waals surface area contributed by atoms with Gasteiger partial charge in [-0.15, -0.1) is 6.58 Å². The number of hydrogen-bond acceptors (Lipinski definition) is 4. The van der Waals surface area contributed by atoms with Gasteiger partial charge in [-0.25, -0.2) is 8.42 Å². The van der Waals surface area contributed by atoms with E-state index in [0.717, 1.165) is 0 Å². The van der Waals surface area contributed by atoms with E-state index in [2.05, 4.69) is 11.5 Å². The normalized spacial score (nSPS) is 19.8. The van der Waals surface area contributed by atoms with Crippen LogP contribution in [0.5, 0.6) is 0 Å². The van der Waals surface area contributed by atoms with E-state index in [1.807, 2.05) is 0 Å². The highest BCUT2D eigenvalue weighted by Gasteiger charge is 2.25. The molecule has 1 rings (SSSR count). The third-order valence-corrected chi connectivity index (χ3v) is 4.62. The fraction of sp³-hybridized carbons (Fsp3) is 0.800. The zero-order valence-corrected chi connectivity index (χ0v) is 10.3. The number of hydrogen-bond donors (Lipinski definition) is 1. The third kappa shape index (κ3) is 3.86. The molecule has 1 saturated heterocycles. The molecule has 0 aromatic rings. The van der Waals surface area contributed by atoms with E-state index in [0.29, 0.717) is 39.1 Å². The maximum absolute atomic E-state index is 11.8. The summed E-state index contributed by atoms with van der Waals surface area (Å²) in [5, 5.41) is 8.78. The summed E-state index contributed by atoms with van der Waals surface area (Å²) in [6.45, 7) is 6.74. The Morgan fingerprint density at radius 3 is 2.38 bits per heavy atom. The van der Waals surface area contributed by atoms with Crippen LogP contribution in [0.25, 0.3) is 0 Å². The van der Waals surface area contributed by atoms with Crippen molar-refractivity contribution in [3.63, 3.8) is 0 Å². The van der Waals surface area contributed by atoms with E-state index in [1.54, 1.807) is 6.08 Å². The first-order chi connectivity index (χ1) is 7.60. The Morgan fingerprint density at radius 2 is 1.88 bits per heavy atom. The maximum atomic E-state index is 11.8. The van der Waals surface area contributed by atoms with Gasteiger partial charge in [-0.2, -0.15) is 4.31 Å². The Kier molecular flexibility index (Phi) is 5.40. The third-order valence-electron chi connectivity index (χ3n) is 2.72. The van der Waals surface area contributed by atoms with Crippen molar-refractivity contribution in [1.29, 1.82) is 0 Å². The Balaban J connectivity index is 2.43. The van der Waals surface area contributed by atoms with Gasteiger partial charge in [0, 0.05) is 32.7 Å². The van der Waals surface area contributed by atoms with Crippen molar-refractivity contribution in [2.24, 2.45) is 0 Å². The lowest BCUT2D eigenvalue weighted by Crippen LogP contribution is -2.49. The van der Waals surface area contributed by atoms with Crippen molar-refractivity contribution in [3.05, 3.63) is 12.7 Å². The van der Waals surface area contributed by atoms with Gasteiger partial charge in [-0.05, 0) is 6.42 Å². The molecule has 1 aliphatic rings. The minimum absolute atomic E-state index is 0.128. The highest BCUT2D eigenvalue weighted by molar-refractivity contribution is 7.89. The first kappa shape index (κ1) is 13.6. The molecular weight excluding hydrogens is 228 g/mol. The molecule has 0 radical (unpaired) electrons. The first-order valence-corrected chi connectivity index (χ1v) is 7.13. The fourth-order valence-electron chi connectivity index (χ4n) is 1.73. The van der Waals surface area contributed by atoms with Crippen LogP contribution in [0.1, 0.15) is 6.42 Å². The van der Waals surface area contributed by atoms with Crippen LogP contribution in [0.2, 0.25) is 0 Å². The predicted octanol–water partition coefficient (Wildman–Crippen LogP) is -0.498. The molecule has 0 aromatic carbocycles. The Labute approximate surface area is 97.4 Å². The van der Waals surface area contributed by atoms with Gasteiger partial charge in [-0.3, -0.25) is 4.90 Å². The molecule has 0 bridgehead atoms. The molecule has 0 saturated carbocycles. The summed E-state index contributed by atoms with van der Waals surface area (Å²) >= 11 is 0. The summed E-state index contributed by atoms with van der Waals surface area (Å²) < 4.78 is 25.2. The second-order valence-corrected chi connectivity index (χ2v) is 5.95. The van der Waals surface area contributed by atoms with Crippen molar-refractivity contribution in [2.45, 2.75) is 6.42 Å². The molecular formula is C10H20N2O3S. The van der Waals surface area contributed by atoms with Gasteiger partial charge in [0.25, 0.3) is 0 Å². The standard InChI is InChI=1S/C10H20N2O3S/c1-2-3-10-16(14,15)12-6-4-11(5-7-12)8-9-13/h2,13H,1,3-10H2. The number of aliphatic hydroxyl groups excluding tert-OH is 1. The van der Waals surface area contributed by atoms with Crippen molar-refractivity contribution < 1.29 is 13.5 Å². The molecule has 1 aliphatic heterocycles. The second kappa shape index (κ2) is 6.34. The molecule has 0 unspecified atom stereocenters. The van der Waals surface area contributed by atoms with Gasteiger partial charge in [0.05, 0.1) is 12.4 Å². The lowest BCUT2D eigenvalue weighted by molar-refractivity contribution is 0.151. The monoisotopic (exact) mass is 248 g/mol. The summed E-state index contributed by atoms with van der Waals surface area (Å²) in [4.78, 5) is 2.07. The van der Waals surface area contributed by atoms with Gasteiger partial charge in [0.1, 0.15) is 0 Å². The average Bonchev–Trinajstić information content (AvgIpc) is 2.28. The number of allylic oxidation sites excluding steroid dienone is 1. The predicted molar refractivity (Wildman–Crippen MR) is 63.7 cm³/mol. The van der Waals surface area contributed by atoms with E-state index in [-0.39, 0.29) is 12.4 Å². The number of rotatable bonds is 6. The average molecular weight is 248 g/mol. The lowest BCUT2D eigenvalue weighted by atomic mass is 10.4. The molecule has 0 amide bonds. The van der Waals surface area contributed by atoms with Crippen LogP contribution < -0.4 is 0 Å². The van der Waals surface area contributed by atoms with Crippen molar-refractivity contribution in [3.8, 4) is 0 Å². The lowest BCUT2D eigenvalue weighted by Gasteiger charge is -2.33. The molecule has 5 nitrogen and oxygen atoms in total. The van der Waals surface area contributed by atoms with Gasteiger partial charge in [0.2, 0.25) is 10.0 Å². The van der Waals surface area contributed by atoms with E-state index in [1.165, 1.54) is 4.31 Å². The smallest absolute Gasteiger partial charge is 0.214 e. The molecule has 6 heteroatoms. The number of piperazine rings is 1. The van der Waals surface area contributed by atoms with E-state index in [4.69, 9.17) is 5.11 Å². The highest BCUT2D eigenvalue weighted by Crippen LogP contribution is 2.08. The maximum Gasteiger partial charge on any atom is 0.214 e. The summed E-state index contributed by atoms with van der Waals surface area (Å²) in [5.41, 5.74) is 0. The minimum Gasteiger partial charge on any atom is -0.395 e. The molecule has 1 N–H and O–H groups in total. The van der Waals surface area contributed by atoms with Gasteiger partial charge in [-0.1, -0.05) is 6.08 Å². The topological polar surface area (TPSA) is 60.9 Å². The molecule has 1 fully saturated rings. The number of sulfonamides is 1. The van der Waals surface area contributed by atoms with E-state index < -0.39 is 10.0 Å². The Hall–Kier alpha value is -0.430. The zero-order chi connectivity index (χ0) is 12.0. The second-order valence-electron chi connectivity index (χ2n) is 3.86. The summed E-state index contributed by atoms with van der Waals surface area (Å²) in [6, 6.07) is 0. The number of aliphatic hydroxyl groups is 1. The quantitative estimate of drug-likeness (QED) is 0.644. The van der Waals surface area contributed by atoms with Crippen molar-refractivity contribution in [2.75, 3.05) is 45.1 Å².